The van der Waals surface area contributed by atoms with Crippen LogP contribution in [0.3, 0.4) is 0 Å². The number of aromatic nitrogens is 1. The Hall–Kier alpha value is -1.09. The van der Waals surface area contributed by atoms with E-state index in [9.17, 15) is 0 Å². The molecule has 1 heterocycles. The van der Waals surface area contributed by atoms with Crippen LogP contribution in [0.4, 0.5) is 0 Å². The molecule has 0 fully saturated rings. The molecule has 0 spiro atoms. The van der Waals surface area contributed by atoms with Crippen molar-refractivity contribution in [2.45, 2.75) is 71.7 Å². The van der Waals surface area contributed by atoms with Gasteiger partial charge in [0.15, 0.2) is 0 Å². The molecule has 2 aromatic rings. The summed E-state index contributed by atoms with van der Waals surface area (Å²) in [5, 5.41) is 0. The molecule has 0 radical (unpaired) electrons. The van der Waals surface area contributed by atoms with Gasteiger partial charge in [-0.15, -0.1) is 0 Å². The molecule has 0 unspecified atom stereocenters. The SMILES string of the molecule is Cc1ccc(CC(C)C)cc1-c1c[c]([Ge]([CH3])([CH3])[CH3])c(CC(C)(C)C)c[n+]1C. The Morgan fingerprint density at radius 2 is 1.67 bits per heavy atom. The maximum atomic E-state index is 2.53. The molecule has 1 aromatic heterocycles. The van der Waals surface area contributed by atoms with Gasteiger partial charge < -0.3 is 0 Å². The van der Waals surface area contributed by atoms with Crippen LogP contribution in [0.5, 0.6) is 0 Å². The summed E-state index contributed by atoms with van der Waals surface area (Å²) < 4.78 is 4.02. The Bertz CT molecular complexity index is 804. The van der Waals surface area contributed by atoms with Crippen molar-refractivity contribution < 1.29 is 4.57 Å². The van der Waals surface area contributed by atoms with E-state index < -0.39 is 13.3 Å². The number of benzene rings is 1. The van der Waals surface area contributed by atoms with Gasteiger partial charge in [-0.05, 0) is 0 Å². The van der Waals surface area contributed by atoms with Crippen molar-refractivity contribution in [1.29, 1.82) is 0 Å². The van der Waals surface area contributed by atoms with Crippen LogP contribution in [-0.2, 0) is 19.9 Å². The Labute approximate surface area is 170 Å². The summed E-state index contributed by atoms with van der Waals surface area (Å²) in [6.45, 7) is 13.9. The van der Waals surface area contributed by atoms with Gasteiger partial charge in [-0.25, -0.2) is 0 Å². The van der Waals surface area contributed by atoms with Crippen molar-refractivity contribution >= 4 is 17.7 Å². The summed E-state index contributed by atoms with van der Waals surface area (Å²) in [6, 6.07) is 9.56. The van der Waals surface area contributed by atoms with Crippen LogP contribution >= 0.6 is 0 Å². The van der Waals surface area contributed by atoms with Crippen molar-refractivity contribution in [3.8, 4) is 11.3 Å². The van der Waals surface area contributed by atoms with Crippen molar-refractivity contribution in [2.24, 2.45) is 18.4 Å². The monoisotopic (exact) mass is 428 g/mol. The average molecular weight is 427 g/mol. The third-order valence-corrected chi connectivity index (χ3v) is 9.47. The molecule has 0 bridgehead atoms. The Kier molecular flexibility index (Phi) is 6.67. The summed E-state index contributed by atoms with van der Waals surface area (Å²) >= 11 is -1.98. The second-order valence-electron chi connectivity index (χ2n) is 10.9. The van der Waals surface area contributed by atoms with E-state index in [1.54, 1.807) is 9.96 Å². The normalized spacial score (nSPS) is 12.7. The van der Waals surface area contributed by atoms with Gasteiger partial charge in [-0.1, -0.05) is 0 Å². The van der Waals surface area contributed by atoms with Crippen LogP contribution < -0.4 is 8.96 Å². The zero-order valence-electron chi connectivity index (χ0n) is 19.3. The van der Waals surface area contributed by atoms with Crippen LogP contribution in [0.1, 0.15) is 51.3 Å². The maximum absolute atomic E-state index is 2.53. The minimum atomic E-state index is -1.98. The predicted molar refractivity (Wildman–Crippen MR) is 122 cm³/mol. The molecule has 0 saturated heterocycles. The van der Waals surface area contributed by atoms with Gasteiger partial charge in [0.2, 0.25) is 0 Å². The van der Waals surface area contributed by atoms with Gasteiger partial charge in [0.1, 0.15) is 0 Å². The quantitative estimate of drug-likeness (QED) is 0.419. The van der Waals surface area contributed by atoms with E-state index in [0.717, 1.165) is 12.8 Å². The molecule has 27 heavy (non-hydrogen) atoms. The molecular formula is C25H40GeN+. The van der Waals surface area contributed by atoms with E-state index in [4.69, 9.17) is 0 Å². The van der Waals surface area contributed by atoms with Crippen molar-refractivity contribution in [3.63, 3.8) is 0 Å². The summed E-state index contributed by atoms with van der Waals surface area (Å²) in [7, 11) is 2.22. The molecule has 0 atom stereocenters. The molecular weight excluding hydrogens is 387 g/mol. The van der Waals surface area contributed by atoms with E-state index in [1.807, 2.05) is 0 Å². The third-order valence-electron chi connectivity index (χ3n) is 5.11. The fraction of sp³-hybridized carbons (Fsp3) is 0.560. The number of hydrogen-bond donors (Lipinski definition) is 0. The number of hydrogen-bond acceptors (Lipinski definition) is 0. The van der Waals surface area contributed by atoms with E-state index in [0.29, 0.717) is 11.3 Å². The van der Waals surface area contributed by atoms with Gasteiger partial charge in [0.25, 0.3) is 0 Å². The fourth-order valence-electron chi connectivity index (χ4n) is 3.93. The molecule has 0 aliphatic heterocycles. The zero-order chi connectivity index (χ0) is 20.6. The molecule has 0 amide bonds. The van der Waals surface area contributed by atoms with Crippen LogP contribution in [0.15, 0.2) is 30.5 Å². The van der Waals surface area contributed by atoms with Crippen molar-refractivity contribution in [2.75, 3.05) is 0 Å². The van der Waals surface area contributed by atoms with Crippen LogP contribution in [0.2, 0.25) is 17.3 Å². The number of nitrogens with zero attached hydrogens (tertiary/aromatic N) is 1. The van der Waals surface area contributed by atoms with Gasteiger partial charge in [-0.2, -0.15) is 0 Å². The molecule has 1 nitrogen and oxygen atoms in total. The molecule has 0 saturated carbocycles. The number of rotatable bonds is 5. The molecule has 0 aliphatic carbocycles. The molecule has 0 aliphatic rings. The Morgan fingerprint density at radius 1 is 1.04 bits per heavy atom. The molecule has 0 N–H and O–H groups in total. The summed E-state index contributed by atoms with van der Waals surface area (Å²) in [5.41, 5.74) is 7.44. The summed E-state index contributed by atoms with van der Waals surface area (Å²) in [5.74, 6) is 8.25. The average Bonchev–Trinajstić information content (AvgIpc) is 2.46. The Morgan fingerprint density at radius 3 is 2.19 bits per heavy atom. The van der Waals surface area contributed by atoms with Gasteiger partial charge in [0.05, 0.1) is 0 Å². The van der Waals surface area contributed by atoms with Gasteiger partial charge >= 0.3 is 171 Å². The number of aryl methyl sites for hydroxylation is 2. The zero-order valence-corrected chi connectivity index (χ0v) is 21.4. The summed E-state index contributed by atoms with van der Waals surface area (Å²) in [4.78, 5) is 0. The van der Waals surface area contributed by atoms with Gasteiger partial charge in [0, 0.05) is 0 Å². The first-order chi connectivity index (χ1) is 12.3. The molecule has 2 rings (SSSR count). The first-order valence-electron chi connectivity index (χ1n) is 10.4. The van der Waals surface area contributed by atoms with E-state index in [2.05, 4.69) is 101 Å². The summed E-state index contributed by atoms with van der Waals surface area (Å²) in [6.07, 6.45) is 4.70. The van der Waals surface area contributed by atoms with Crippen LogP contribution in [0, 0.1) is 18.3 Å². The predicted octanol–water partition coefficient (Wildman–Crippen LogP) is 5.82. The van der Waals surface area contributed by atoms with Crippen LogP contribution in [0.25, 0.3) is 11.3 Å². The minimum absolute atomic E-state index is 0.309. The van der Waals surface area contributed by atoms with Crippen molar-refractivity contribution in [3.05, 3.63) is 47.2 Å². The molecule has 1 aromatic carbocycles. The van der Waals surface area contributed by atoms with Crippen LogP contribution in [-0.4, -0.2) is 13.3 Å². The first kappa shape index (κ1) is 22.2. The van der Waals surface area contributed by atoms with Crippen molar-refractivity contribution in [1.82, 2.24) is 0 Å². The molecule has 2 heteroatoms. The molecule has 148 valence electrons. The third kappa shape index (κ3) is 5.94. The Balaban J connectivity index is 2.65. The number of pyridine rings is 1. The van der Waals surface area contributed by atoms with Gasteiger partial charge in [-0.3, -0.25) is 0 Å². The fourth-order valence-corrected chi connectivity index (χ4v) is 7.46. The van der Waals surface area contributed by atoms with E-state index in [-0.39, 0.29) is 0 Å². The first-order valence-corrected chi connectivity index (χ1v) is 17.7. The van der Waals surface area contributed by atoms with E-state index >= 15 is 0 Å². The van der Waals surface area contributed by atoms with E-state index in [1.165, 1.54) is 22.4 Å². The second kappa shape index (κ2) is 8.11. The second-order valence-corrected chi connectivity index (χ2v) is 21.5. The topological polar surface area (TPSA) is 3.88 Å². The standard InChI is InChI=1S/C25H40GeN/c1-18(2)13-20-12-11-19(3)22(14-20)24-15-23(26(7,8)9)21(17-27(24)10)16-25(4,5)6/h11-12,14-15,17-18H,13,16H2,1-10H3/q+1.